The minimum absolute atomic E-state index is 0.00184. The fraction of sp³-hybridized carbons (Fsp3) is 0.231. The summed E-state index contributed by atoms with van der Waals surface area (Å²) < 4.78 is 4.75. The molecule has 0 radical (unpaired) electrons. The van der Waals surface area contributed by atoms with E-state index in [1.807, 2.05) is 13.8 Å². The number of carbonyl (C=O) groups is 4. The molecule has 1 unspecified atom stereocenters. The number of nitrogen functional groups attached to an aromatic ring is 1. The molecule has 1 amide bonds. The number of nitrogens with zero attached hydrogens (tertiary/aromatic N) is 4. The lowest BCUT2D eigenvalue weighted by atomic mass is 9.89. The highest BCUT2D eigenvalue weighted by molar-refractivity contribution is 6.46. The molecule has 20 heteroatoms. The first-order valence-corrected chi connectivity index (χ1v) is 14.6. The fourth-order valence-corrected chi connectivity index (χ4v) is 4.28. The summed E-state index contributed by atoms with van der Waals surface area (Å²) in [4.78, 5) is 59.3. The lowest BCUT2D eigenvalue weighted by molar-refractivity contribution is -0.139. The number of hydrogen-bond donors (Lipinski definition) is 5. The molecular weight excluding hydrogens is 737 g/mol. The number of nitrogens with one attached hydrogen (secondary N) is 1. The van der Waals surface area contributed by atoms with Gasteiger partial charge in [0.2, 0.25) is 5.88 Å². The van der Waals surface area contributed by atoms with E-state index >= 15 is 0 Å². The molecule has 6 N–H and O–H groups in total. The number of hydrogen-bond acceptors (Lipinski definition) is 10. The molecule has 4 rings (SSSR count). The van der Waals surface area contributed by atoms with Crippen molar-refractivity contribution in [3.8, 4) is 5.88 Å². The van der Waals surface area contributed by atoms with Crippen LogP contribution in [0.15, 0.2) is 29.4 Å². The van der Waals surface area contributed by atoms with Crippen LogP contribution in [0.5, 0.6) is 5.88 Å². The molecule has 14 nitrogen and oxygen atoms in total. The minimum atomic E-state index is -1.31. The number of carbonyl (C=O) groups excluding carboxylic acids is 1. The molecule has 0 saturated heterocycles. The van der Waals surface area contributed by atoms with Gasteiger partial charge in [0, 0.05) is 6.20 Å². The van der Waals surface area contributed by atoms with Crippen LogP contribution in [-0.4, -0.2) is 72.1 Å². The second-order valence-electron chi connectivity index (χ2n) is 9.25. The van der Waals surface area contributed by atoms with Crippen molar-refractivity contribution in [1.29, 1.82) is 0 Å². The summed E-state index contributed by atoms with van der Waals surface area (Å²) >= 11 is 33.4. The quantitative estimate of drug-likeness (QED) is 0.178. The number of ether oxygens (including phenoxy) is 1. The molecule has 0 fully saturated rings. The average molecular weight is 759 g/mol. The van der Waals surface area contributed by atoms with Crippen LogP contribution in [0.4, 0.5) is 5.69 Å². The van der Waals surface area contributed by atoms with Gasteiger partial charge in [-0.2, -0.15) is 4.98 Å². The van der Waals surface area contributed by atoms with E-state index in [2.05, 4.69) is 25.3 Å². The fourth-order valence-electron chi connectivity index (χ4n) is 3.15. The Bertz CT molecular complexity index is 1720. The summed E-state index contributed by atoms with van der Waals surface area (Å²) in [5.41, 5.74) is 4.20. The summed E-state index contributed by atoms with van der Waals surface area (Å²) in [6, 6.07) is 4.30. The summed E-state index contributed by atoms with van der Waals surface area (Å²) in [5, 5.41) is 28.6. The van der Waals surface area contributed by atoms with Crippen molar-refractivity contribution < 1.29 is 39.2 Å². The van der Waals surface area contributed by atoms with Gasteiger partial charge in [-0.25, -0.2) is 24.4 Å². The van der Waals surface area contributed by atoms with Gasteiger partial charge >= 0.3 is 17.9 Å². The lowest BCUT2D eigenvalue weighted by Gasteiger charge is -2.21. The molecule has 246 valence electrons. The van der Waals surface area contributed by atoms with Gasteiger partial charge in [0.15, 0.2) is 28.4 Å². The predicted octanol–water partition coefficient (Wildman–Crippen LogP) is 5.90. The number of carboxylic acid groups (broad SMARTS) is 3. The third-order valence-corrected chi connectivity index (χ3v) is 7.96. The number of aliphatic imine (C=N–C) groups is 1. The summed E-state index contributed by atoms with van der Waals surface area (Å²) in [6.07, 6.45) is 1.47. The first kappa shape index (κ1) is 38.5. The molecule has 3 aromatic heterocycles. The van der Waals surface area contributed by atoms with Crippen LogP contribution in [0.1, 0.15) is 47.3 Å². The number of aromatic carboxylic acids is 2. The maximum Gasteiger partial charge on any atom is 0.356 e. The van der Waals surface area contributed by atoms with Crippen molar-refractivity contribution in [1.82, 2.24) is 20.3 Å². The molecule has 1 aliphatic rings. The van der Waals surface area contributed by atoms with Crippen LogP contribution in [0.25, 0.3) is 0 Å². The number of carboxylic acids is 3. The Hall–Kier alpha value is -3.66. The van der Waals surface area contributed by atoms with E-state index in [0.717, 1.165) is 0 Å². The third kappa shape index (κ3) is 9.44. The molecule has 0 aromatic carbocycles. The zero-order valence-electron chi connectivity index (χ0n) is 23.6. The van der Waals surface area contributed by atoms with Crippen LogP contribution in [0.3, 0.4) is 0 Å². The molecule has 3 aromatic rings. The minimum Gasteiger partial charge on any atom is -0.479 e. The maximum absolute atomic E-state index is 12.0. The first-order valence-electron chi connectivity index (χ1n) is 12.3. The summed E-state index contributed by atoms with van der Waals surface area (Å²) in [6.45, 7) is 4.97. The Kier molecular flexibility index (Phi) is 13.6. The van der Waals surface area contributed by atoms with Crippen LogP contribution < -0.4 is 15.8 Å². The number of rotatable bonds is 7. The number of amides is 1. The van der Waals surface area contributed by atoms with Crippen molar-refractivity contribution in [2.24, 2.45) is 10.9 Å². The van der Waals surface area contributed by atoms with Crippen LogP contribution in [0, 0.1) is 5.92 Å². The first-order chi connectivity index (χ1) is 21.3. The van der Waals surface area contributed by atoms with Gasteiger partial charge in [-0.05, 0) is 31.0 Å². The van der Waals surface area contributed by atoms with Gasteiger partial charge in [-0.15, -0.1) is 0 Å². The second-order valence-corrected chi connectivity index (χ2v) is 11.5. The predicted molar refractivity (Wildman–Crippen MR) is 172 cm³/mol. The zero-order valence-corrected chi connectivity index (χ0v) is 28.1. The Morgan fingerprint density at radius 3 is 2.13 bits per heavy atom. The van der Waals surface area contributed by atoms with Gasteiger partial charge in [0.1, 0.15) is 21.3 Å². The van der Waals surface area contributed by atoms with Gasteiger partial charge < -0.3 is 31.1 Å². The van der Waals surface area contributed by atoms with Crippen LogP contribution in [0.2, 0.25) is 30.4 Å². The highest BCUT2D eigenvalue weighted by Crippen LogP contribution is 2.34. The molecule has 0 bridgehead atoms. The number of amidine groups is 1. The van der Waals surface area contributed by atoms with E-state index < -0.39 is 35.7 Å². The largest absolute Gasteiger partial charge is 0.479 e. The van der Waals surface area contributed by atoms with Crippen molar-refractivity contribution >= 4 is 105 Å². The Balaban J connectivity index is 0.000000246. The topological polar surface area (TPSA) is 227 Å². The average Bonchev–Trinajstić information content (AvgIpc) is 3.30. The normalized spacial score (nSPS) is 15.1. The van der Waals surface area contributed by atoms with Gasteiger partial charge in [-0.1, -0.05) is 83.5 Å². The number of halogens is 6. The van der Waals surface area contributed by atoms with Crippen LogP contribution in [-0.2, 0) is 9.59 Å². The Morgan fingerprint density at radius 1 is 0.978 bits per heavy atom. The maximum atomic E-state index is 12.0. The van der Waals surface area contributed by atoms with Gasteiger partial charge in [-0.3, -0.25) is 9.78 Å². The van der Waals surface area contributed by atoms with Crippen molar-refractivity contribution in [2.75, 3.05) is 12.3 Å². The summed E-state index contributed by atoms with van der Waals surface area (Å²) in [5.74, 6) is -3.61. The zero-order chi connectivity index (χ0) is 35.1. The standard InChI is InChI=1S/C13H15N3O3.C7H4Cl3NO3.C6H3Cl3N2O2/c1-7(2)13(3)12(19)15-10(16-13)9-8(11(17)18)5-4-6-14-9;8-3-1-4(9)7(11-6(3)10)14-2-5(12)13;7-1-3(10)2(8)5(9)11-4(1)6(12)13/h4-7H,1-3H3,(H,17,18)(H,15,16,19);1H,2H2,(H,12,13);(H2,10,11)(H,12,13). The highest BCUT2D eigenvalue weighted by atomic mass is 35.5. The van der Waals surface area contributed by atoms with Crippen LogP contribution >= 0.6 is 69.6 Å². The van der Waals surface area contributed by atoms with E-state index in [1.54, 1.807) is 6.92 Å². The molecule has 0 aliphatic carbocycles. The van der Waals surface area contributed by atoms with Crippen molar-refractivity contribution in [2.45, 2.75) is 26.3 Å². The monoisotopic (exact) mass is 756 g/mol. The molecule has 4 heterocycles. The Labute approximate surface area is 290 Å². The van der Waals surface area contributed by atoms with Gasteiger partial charge in [0.05, 0.1) is 21.3 Å². The van der Waals surface area contributed by atoms with Crippen molar-refractivity contribution in [3.05, 3.63) is 71.7 Å². The summed E-state index contributed by atoms with van der Waals surface area (Å²) in [7, 11) is 0. The van der Waals surface area contributed by atoms with E-state index in [1.165, 1.54) is 24.4 Å². The van der Waals surface area contributed by atoms with E-state index in [-0.39, 0.29) is 70.9 Å². The smallest absolute Gasteiger partial charge is 0.356 e. The Morgan fingerprint density at radius 2 is 1.61 bits per heavy atom. The van der Waals surface area contributed by atoms with Crippen molar-refractivity contribution in [3.63, 3.8) is 0 Å². The SMILES string of the molecule is CC(C)C1(C)N=C(c2ncccc2C(=O)O)NC1=O.Nc1c(Cl)c(Cl)nc(C(=O)O)c1Cl.O=C(O)COc1nc(Cl)c(Cl)cc1Cl. The van der Waals surface area contributed by atoms with Gasteiger partial charge in [0.25, 0.3) is 5.91 Å². The number of anilines is 1. The van der Waals surface area contributed by atoms with E-state index in [4.69, 9.17) is 95.4 Å². The molecule has 0 saturated carbocycles. The van der Waals surface area contributed by atoms with E-state index in [9.17, 15) is 19.2 Å². The third-order valence-electron chi connectivity index (χ3n) is 5.88. The highest BCUT2D eigenvalue weighted by Gasteiger charge is 2.43. The number of aromatic nitrogens is 3. The molecule has 1 aliphatic heterocycles. The number of pyridine rings is 3. The molecule has 1 atom stereocenters. The number of aliphatic carboxylic acids is 1. The molecular formula is C26H22Cl6N6O8. The van der Waals surface area contributed by atoms with E-state index in [0.29, 0.717) is 0 Å². The lowest BCUT2D eigenvalue weighted by Crippen LogP contribution is -2.41. The second kappa shape index (κ2) is 16.3. The molecule has 0 spiro atoms. The molecule has 46 heavy (non-hydrogen) atoms. The number of nitrogens with two attached hydrogens (primary N) is 1.